The molecule has 0 bridgehead atoms. The van der Waals surface area contributed by atoms with Crippen LogP contribution in [-0.4, -0.2) is 45.7 Å². The van der Waals surface area contributed by atoms with E-state index >= 15 is 0 Å². The minimum absolute atomic E-state index is 0. The Morgan fingerprint density at radius 1 is 1.36 bits per heavy atom. The van der Waals surface area contributed by atoms with Crippen molar-refractivity contribution in [3.63, 3.8) is 0 Å². The molecule has 1 aliphatic rings. The standard InChI is InChI=1S/C14H18N2O5.Li/c1-13(2,3)21-12(19)16-7-14(20,8-16)10-5-4-9(6-15-10)11(17)18;/h4-6,20H,7-8H2,1-3H3,(H,17,18);/q;+1/p-1. The molecule has 0 radical (unpaired) electrons. The van der Waals surface area contributed by atoms with Crippen LogP contribution in [0.4, 0.5) is 4.79 Å². The van der Waals surface area contributed by atoms with E-state index in [4.69, 9.17) is 4.74 Å². The third-order valence-electron chi connectivity index (χ3n) is 3.03. The van der Waals surface area contributed by atoms with Crippen LogP contribution in [0, 0.1) is 0 Å². The van der Waals surface area contributed by atoms with Gasteiger partial charge in [0.2, 0.25) is 0 Å². The predicted octanol–water partition coefficient (Wildman–Crippen LogP) is -3.11. The van der Waals surface area contributed by atoms with Gasteiger partial charge in [-0.05, 0) is 32.9 Å². The quantitative estimate of drug-likeness (QED) is 0.580. The summed E-state index contributed by atoms with van der Waals surface area (Å²) in [5.41, 5.74) is -1.63. The van der Waals surface area contributed by atoms with Crippen molar-refractivity contribution in [1.82, 2.24) is 9.88 Å². The third kappa shape index (κ3) is 4.00. The van der Waals surface area contributed by atoms with Crippen LogP contribution in [0.1, 0.15) is 36.8 Å². The van der Waals surface area contributed by atoms with Gasteiger partial charge in [-0.25, -0.2) is 4.79 Å². The van der Waals surface area contributed by atoms with Crippen LogP contribution in [0.3, 0.4) is 0 Å². The Balaban J connectivity index is 0.00000242. The maximum absolute atomic E-state index is 11.8. The smallest absolute Gasteiger partial charge is 0.545 e. The second kappa shape index (κ2) is 6.29. The van der Waals surface area contributed by atoms with Crippen LogP contribution in [0.25, 0.3) is 0 Å². The normalized spacial score (nSPS) is 16.3. The second-order valence-corrected chi connectivity index (χ2v) is 6.09. The van der Waals surface area contributed by atoms with Gasteiger partial charge >= 0.3 is 25.0 Å². The van der Waals surface area contributed by atoms with Crippen molar-refractivity contribution in [2.75, 3.05) is 13.1 Å². The fourth-order valence-corrected chi connectivity index (χ4v) is 1.99. The number of carboxylic acid groups (broad SMARTS) is 1. The molecule has 1 aromatic rings. The summed E-state index contributed by atoms with van der Waals surface area (Å²) < 4.78 is 5.19. The molecule has 2 heterocycles. The Kier molecular flexibility index (Phi) is 5.28. The number of nitrogens with zero attached hydrogens (tertiary/aromatic N) is 2. The van der Waals surface area contributed by atoms with Crippen LogP contribution in [-0.2, 0) is 10.3 Å². The maximum atomic E-state index is 11.8. The Morgan fingerprint density at radius 2 is 1.95 bits per heavy atom. The molecular formula is C14H17LiN2O5. The summed E-state index contributed by atoms with van der Waals surface area (Å²) >= 11 is 0. The van der Waals surface area contributed by atoms with Crippen LogP contribution in [0.2, 0.25) is 0 Å². The Labute approximate surface area is 140 Å². The molecule has 1 aliphatic heterocycles. The Morgan fingerprint density at radius 3 is 2.36 bits per heavy atom. The van der Waals surface area contributed by atoms with Crippen molar-refractivity contribution in [3.05, 3.63) is 29.6 Å². The first-order valence-corrected chi connectivity index (χ1v) is 6.49. The number of pyridine rings is 1. The number of rotatable bonds is 2. The summed E-state index contributed by atoms with van der Waals surface area (Å²) in [4.78, 5) is 27.7. The third-order valence-corrected chi connectivity index (χ3v) is 3.03. The monoisotopic (exact) mass is 300 g/mol. The number of carbonyl (C=O) groups is 2. The van der Waals surface area contributed by atoms with E-state index in [9.17, 15) is 19.8 Å². The summed E-state index contributed by atoms with van der Waals surface area (Å²) in [6, 6.07) is 2.73. The van der Waals surface area contributed by atoms with Crippen molar-refractivity contribution in [2.45, 2.75) is 32.0 Å². The van der Waals surface area contributed by atoms with Gasteiger partial charge in [0, 0.05) is 11.8 Å². The molecule has 1 amide bonds. The van der Waals surface area contributed by atoms with Crippen molar-refractivity contribution in [3.8, 4) is 0 Å². The van der Waals surface area contributed by atoms with Crippen LogP contribution in [0.5, 0.6) is 0 Å². The average molecular weight is 300 g/mol. The fraction of sp³-hybridized carbons (Fsp3) is 0.500. The Hall–Kier alpha value is -1.55. The molecule has 0 unspecified atom stereocenters. The largest absolute Gasteiger partial charge is 1.00 e. The zero-order valence-electron chi connectivity index (χ0n) is 13.1. The molecule has 1 saturated heterocycles. The average Bonchev–Trinajstić information content (AvgIpc) is 2.33. The van der Waals surface area contributed by atoms with Gasteiger partial charge in [0.15, 0.2) is 0 Å². The SMILES string of the molecule is CC(C)(C)OC(=O)N1CC(O)(c2ccc(C(=O)[O-])cn2)C1.[Li+]. The molecule has 1 aromatic heterocycles. The van der Waals surface area contributed by atoms with E-state index in [1.54, 1.807) is 20.8 Å². The molecule has 0 aliphatic carbocycles. The van der Waals surface area contributed by atoms with E-state index in [0.717, 1.165) is 6.20 Å². The number of amides is 1. The van der Waals surface area contributed by atoms with Crippen LogP contribution < -0.4 is 24.0 Å². The van der Waals surface area contributed by atoms with Gasteiger partial charge in [0.1, 0.15) is 11.2 Å². The van der Waals surface area contributed by atoms with Crippen molar-refractivity contribution in [2.24, 2.45) is 0 Å². The van der Waals surface area contributed by atoms with Crippen molar-refractivity contribution >= 4 is 12.1 Å². The Bertz CT molecular complexity index is 562. The molecule has 1 fully saturated rings. The van der Waals surface area contributed by atoms with E-state index in [1.165, 1.54) is 17.0 Å². The number of aromatic carboxylic acids is 1. The van der Waals surface area contributed by atoms with Crippen LogP contribution in [0.15, 0.2) is 18.3 Å². The minimum atomic E-state index is -1.33. The summed E-state index contributed by atoms with van der Waals surface area (Å²) in [5, 5.41) is 21.0. The number of β-amino-alcohol motifs (C(OH)–C–C–N with tert-alkyl or cyclic N) is 1. The molecule has 7 nitrogen and oxygen atoms in total. The summed E-state index contributed by atoms with van der Waals surface area (Å²) in [6.45, 7) is 5.39. The summed E-state index contributed by atoms with van der Waals surface area (Å²) in [6.07, 6.45) is 0.622. The van der Waals surface area contributed by atoms with E-state index in [-0.39, 0.29) is 37.5 Å². The van der Waals surface area contributed by atoms with Crippen molar-refractivity contribution in [1.29, 1.82) is 0 Å². The van der Waals surface area contributed by atoms with E-state index in [0.29, 0.717) is 5.69 Å². The molecule has 0 atom stereocenters. The van der Waals surface area contributed by atoms with E-state index < -0.39 is 23.3 Å². The molecule has 0 aromatic carbocycles. The number of likely N-dealkylation sites (tertiary alicyclic amines) is 1. The molecule has 0 spiro atoms. The predicted molar refractivity (Wildman–Crippen MR) is 70.3 cm³/mol. The molecule has 2 rings (SSSR count). The number of hydrogen-bond donors (Lipinski definition) is 1. The van der Waals surface area contributed by atoms with E-state index in [2.05, 4.69) is 4.98 Å². The molecule has 0 saturated carbocycles. The van der Waals surface area contributed by atoms with Crippen molar-refractivity contribution < 1.29 is 43.4 Å². The zero-order chi connectivity index (χ0) is 15.8. The van der Waals surface area contributed by atoms with E-state index in [1.807, 2.05) is 0 Å². The fourth-order valence-electron chi connectivity index (χ4n) is 1.99. The molecule has 114 valence electrons. The first-order valence-electron chi connectivity index (χ1n) is 6.49. The van der Waals surface area contributed by atoms with Gasteiger partial charge in [-0.15, -0.1) is 0 Å². The number of ether oxygens (including phenoxy) is 1. The number of aliphatic hydroxyl groups is 1. The molecular weight excluding hydrogens is 283 g/mol. The van der Waals surface area contributed by atoms with Gasteiger partial charge in [0.25, 0.3) is 0 Å². The molecule has 22 heavy (non-hydrogen) atoms. The number of carboxylic acids is 1. The first kappa shape index (κ1) is 18.5. The number of carbonyl (C=O) groups excluding carboxylic acids is 2. The van der Waals surface area contributed by atoms with Gasteiger partial charge in [0.05, 0.1) is 24.8 Å². The number of aromatic nitrogens is 1. The van der Waals surface area contributed by atoms with Gasteiger partial charge in [-0.3, -0.25) is 4.98 Å². The van der Waals surface area contributed by atoms with Gasteiger partial charge in [-0.2, -0.15) is 0 Å². The summed E-state index contributed by atoms with van der Waals surface area (Å²) in [5.74, 6) is -1.33. The van der Waals surface area contributed by atoms with Gasteiger partial charge in [-0.1, -0.05) is 0 Å². The molecule has 8 heteroatoms. The minimum Gasteiger partial charge on any atom is -0.545 e. The number of hydrogen-bond acceptors (Lipinski definition) is 6. The van der Waals surface area contributed by atoms with Gasteiger partial charge < -0.3 is 24.6 Å². The second-order valence-electron chi connectivity index (χ2n) is 6.09. The maximum Gasteiger partial charge on any atom is 1.00 e. The van der Waals surface area contributed by atoms with Crippen LogP contribution >= 0.6 is 0 Å². The first-order chi connectivity index (χ1) is 9.61. The zero-order valence-corrected chi connectivity index (χ0v) is 13.1. The topological polar surface area (TPSA) is 103 Å². The summed E-state index contributed by atoms with van der Waals surface area (Å²) in [7, 11) is 0. The molecule has 1 N–H and O–H groups in total.